The average molecular weight is 210 g/mol. The Morgan fingerprint density at radius 2 is 1.64 bits per heavy atom. The average Bonchev–Trinajstić information content (AvgIpc) is 2.18. The van der Waals surface area contributed by atoms with Crippen LogP contribution in [0, 0.1) is 0 Å². The SMILES string of the molecule is COC[C@@H](O)[C@H](O)[C@H](O)[C@H](CO)OC. The molecule has 0 spiro atoms. The first-order chi connectivity index (χ1) is 6.58. The second-order valence-corrected chi connectivity index (χ2v) is 2.96. The number of aliphatic hydroxyl groups excluding tert-OH is 4. The van der Waals surface area contributed by atoms with E-state index >= 15 is 0 Å². The fourth-order valence-electron chi connectivity index (χ4n) is 1.04. The number of ether oxygens (including phenoxy) is 2. The Labute approximate surface area is 82.7 Å². The zero-order valence-electron chi connectivity index (χ0n) is 8.33. The van der Waals surface area contributed by atoms with Crippen LogP contribution in [0.3, 0.4) is 0 Å². The van der Waals surface area contributed by atoms with Crippen LogP contribution in [0.1, 0.15) is 0 Å². The summed E-state index contributed by atoms with van der Waals surface area (Å²) < 4.78 is 9.30. The summed E-state index contributed by atoms with van der Waals surface area (Å²) in [5, 5.41) is 36.8. The van der Waals surface area contributed by atoms with Gasteiger partial charge in [0.2, 0.25) is 0 Å². The third-order valence-electron chi connectivity index (χ3n) is 1.95. The third kappa shape index (κ3) is 3.87. The van der Waals surface area contributed by atoms with Gasteiger partial charge in [-0.15, -0.1) is 0 Å². The first kappa shape index (κ1) is 13.8. The van der Waals surface area contributed by atoms with E-state index < -0.39 is 31.0 Å². The smallest absolute Gasteiger partial charge is 0.111 e. The van der Waals surface area contributed by atoms with Crippen molar-refractivity contribution >= 4 is 0 Å². The van der Waals surface area contributed by atoms with Gasteiger partial charge < -0.3 is 29.9 Å². The molecule has 0 unspecified atom stereocenters. The van der Waals surface area contributed by atoms with E-state index in [4.69, 9.17) is 9.84 Å². The van der Waals surface area contributed by atoms with Crippen molar-refractivity contribution in [3.63, 3.8) is 0 Å². The summed E-state index contributed by atoms with van der Waals surface area (Å²) in [4.78, 5) is 0. The number of hydrogen-bond donors (Lipinski definition) is 4. The number of aliphatic hydroxyl groups is 4. The molecule has 6 heteroatoms. The topological polar surface area (TPSA) is 99.4 Å². The first-order valence-electron chi connectivity index (χ1n) is 4.25. The molecule has 0 aromatic rings. The zero-order valence-corrected chi connectivity index (χ0v) is 8.33. The molecule has 0 amide bonds. The molecule has 14 heavy (non-hydrogen) atoms. The van der Waals surface area contributed by atoms with Gasteiger partial charge in [0.15, 0.2) is 0 Å². The Morgan fingerprint density at radius 1 is 1.07 bits per heavy atom. The maximum atomic E-state index is 9.42. The van der Waals surface area contributed by atoms with Crippen LogP contribution in [0.25, 0.3) is 0 Å². The second kappa shape index (κ2) is 7.10. The fourth-order valence-corrected chi connectivity index (χ4v) is 1.04. The lowest BCUT2D eigenvalue weighted by atomic mass is 10.0. The third-order valence-corrected chi connectivity index (χ3v) is 1.95. The normalized spacial score (nSPS) is 20.1. The summed E-state index contributed by atoms with van der Waals surface area (Å²) >= 11 is 0. The quantitative estimate of drug-likeness (QED) is 0.378. The van der Waals surface area contributed by atoms with Crippen molar-refractivity contribution < 1.29 is 29.9 Å². The van der Waals surface area contributed by atoms with Crippen LogP contribution < -0.4 is 0 Å². The lowest BCUT2D eigenvalue weighted by Gasteiger charge is -2.27. The molecule has 0 bridgehead atoms. The van der Waals surface area contributed by atoms with Crippen molar-refractivity contribution in [3.05, 3.63) is 0 Å². The molecule has 0 aliphatic heterocycles. The van der Waals surface area contributed by atoms with E-state index in [9.17, 15) is 15.3 Å². The van der Waals surface area contributed by atoms with E-state index in [-0.39, 0.29) is 6.61 Å². The highest BCUT2D eigenvalue weighted by molar-refractivity contribution is 4.81. The minimum atomic E-state index is -1.41. The molecule has 4 N–H and O–H groups in total. The summed E-state index contributed by atoms with van der Waals surface area (Å²) in [6.07, 6.45) is -4.89. The molecule has 6 nitrogen and oxygen atoms in total. The molecule has 0 aromatic carbocycles. The molecule has 0 radical (unpaired) electrons. The molecule has 0 saturated carbocycles. The number of rotatable bonds is 7. The van der Waals surface area contributed by atoms with Gasteiger partial charge in [-0.25, -0.2) is 0 Å². The van der Waals surface area contributed by atoms with Crippen molar-refractivity contribution in [2.75, 3.05) is 27.4 Å². The second-order valence-electron chi connectivity index (χ2n) is 2.96. The van der Waals surface area contributed by atoms with Gasteiger partial charge in [-0.3, -0.25) is 0 Å². The van der Waals surface area contributed by atoms with E-state index in [1.807, 2.05) is 0 Å². The van der Waals surface area contributed by atoms with Crippen LogP contribution in [-0.4, -0.2) is 72.3 Å². The fraction of sp³-hybridized carbons (Fsp3) is 1.00. The highest BCUT2D eigenvalue weighted by Crippen LogP contribution is 2.07. The Morgan fingerprint density at radius 3 is 2.00 bits per heavy atom. The Hall–Kier alpha value is -0.240. The summed E-state index contributed by atoms with van der Waals surface area (Å²) in [7, 11) is 2.65. The standard InChI is InChI=1S/C8H18O6/c1-13-4-5(10)7(11)8(12)6(3-9)14-2/h5-12H,3-4H2,1-2H3/t5-,6+,7+,8-/m1/s1. The molecule has 0 heterocycles. The molecule has 0 saturated heterocycles. The van der Waals surface area contributed by atoms with Crippen LogP contribution in [0.5, 0.6) is 0 Å². The highest BCUT2D eigenvalue weighted by Gasteiger charge is 2.30. The Bertz CT molecular complexity index is 138. The first-order valence-corrected chi connectivity index (χ1v) is 4.25. The summed E-state index contributed by atoms with van der Waals surface area (Å²) in [6.45, 7) is -0.533. The van der Waals surface area contributed by atoms with Gasteiger partial charge in [-0.2, -0.15) is 0 Å². The summed E-state index contributed by atoms with van der Waals surface area (Å²) in [6, 6.07) is 0. The molecule has 0 fully saturated rings. The predicted molar refractivity (Wildman–Crippen MR) is 47.8 cm³/mol. The lowest BCUT2D eigenvalue weighted by molar-refractivity contribution is -0.134. The van der Waals surface area contributed by atoms with Crippen molar-refractivity contribution in [1.29, 1.82) is 0 Å². The van der Waals surface area contributed by atoms with Crippen LogP contribution in [0.15, 0.2) is 0 Å². The van der Waals surface area contributed by atoms with Gasteiger partial charge in [-0.05, 0) is 0 Å². The Kier molecular flexibility index (Phi) is 6.98. The predicted octanol–water partition coefficient (Wildman–Crippen LogP) is -2.28. The van der Waals surface area contributed by atoms with E-state index in [2.05, 4.69) is 4.74 Å². The van der Waals surface area contributed by atoms with E-state index in [0.29, 0.717) is 0 Å². The highest BCUT2D eigenvalue weighted by atomic mass is 16.5. The van der Waals surface area contributed by atoms with Crippen LogP contribution >= 0.6 is 0 Å². The van der Waals surface area contributed by atoms with Crippen molar-refractivity contribution in [2.45, 2.75) is 24.4 Å². The van der Waals surface area contributed by atoms with Crippen LogP contribution in [0.4, 0.5) is 0 Å². The maximum Gasteiger partial charge on any atom is 0.111 e. The number of hydrogen-bond acceptors (Lipinski definition) is 6. The molecule has 0 rings (SSSR count). The molecule has 0 aliphatic rings. The molecule has 0 aromatic heterocycles. The van der Waals surface area contributed by atoms with Gasteiger partial charge in [0.1, 0.15) is 24.4 Å². The van der Waals surface area contributed by atoms with Crippen molar-refractivity contribution in [2.24, 2.45) is 0 Å². The molecular formula is C8H18O6. The van der Waals surface area contributed by atoms with Gasteiger partial charge >= 0.3 is 0 Å². The molecular weight excluding hydrogens is 192 g/mol. The number of methoxy groups -OCH3 is 2. The van der Waals surface area contributed by atoms with E-state index in [0.717, 1.165) is 0 Å². The molecule has 86 valence electrons. The monoisotopic (exact) mass is 210 g/mol. The van der Waals surface area contributed by atoms with Gasteiger partial charge in [0.25, 0.3) is 0 Å². The van der Waals surface area contributed by atoms with Gasteiger partial charge in [-0.1, -0.05) is 0 Å². The Balaban J connectivity index is 4.13. The van der Waals surface area contributed by atoms with Crippen molar-refractivity contribution in [3.8, 4) is 0 Å². The summed E-state index contributed by atoms with van der Waals surface area (Å²) in [5.74, 6) is 0. The zero-order chi connectivity index (χ0) is 11.1. The lowest BCUT2D eigenvalue weighted by Crippen LogP contribution is -2.47. The largest absolute Gasteiger partial charge is 0.394 e. The van der Waals surface area contributed by atoms with E-state index in [1.165, 1.54) is 14.2 Å². The van der Waals surface area contributed by atoms with Crippen LogP contribution in [0.2, 0.25) is 0 Å². The molecule has 4 atom stereocenters. The summed E-state index contributed by atoms with van der Waals surface area (Å²) in [5.41, 5.74) is 0. The van der Waals surface area contributed by atoms with E-state index in [1.54, 1.807) is 0 Å². The minimum Gasteiger partial charge on any atom is -0.394 e. The van der Waals surface area contributed by atoms with Crippen molar-refractivity contribution in [1.82, 2.24) is 0 Å². The maximum absolute atomic E-state index is 9.42. The molecule has 0 aliphatic carbocycles. The van der Waals surface area contributed by atoms with Gasteiger partial charge in [0, 0.05) is 14.2 Å². The van der Waals surface area contributed by atoms with Crippen LogP contribution in [-0.2, 0) is 9.47 Å². The van der Waals surface area contributed by atoms with Gasteiger partial charge in [0.05, 0.1) is 13.2 Å². The minimum absolute atomic E-state index is 0.0971.